The molecule has 0 spiro atoms. The van der Waals surface area contributed by atoms with Gasteiger partial charge in [0.25, 0.3) is 0 Å². The molecule has 0 aliphatic carbocycles. The van der Waals surface area contributed by atoms with Crippen molar-refractivity contribution >= 4 is 17.5 Å². The fourth-order valence-electron chi connectivity index (χ4n) is 3.89. The van der Waals surface area contributed by atoms with Crippen LogP contribution in [0.2, 0.25) is 5.02 Å². The van der Waals surface area contributed by atoms with Gasteiger partial charge in [-0.2, -0.15) is 0 Å². The van der Waals surface area contributed by atoms with E-state index in [-0.39, 0.29) is 11.7 Å². The number of carbonyl (C=O) groups excluding carboxylic acids is 1. The zero-order chi connectivity index (χ0) is 17.1. The highest BCUT2D eigenvalue weighted by atomic mass is 35.5. The zero-order valence-corrected chi connectivity index (χ0v) is 15.1. The second-order valence-corrected chi connectivity index (χ2v) is 7.69. The second kappa shape index (κ2) is 7.83. The molecule has 5 heteroatoms. The Labute approximate surface area is 148 Å². The molecule has 3 rings (SSSR count). The first kappa shape index (κ1) is 17.7. The van der Waals surface area contributed by atoms with Crippen LogP contribution in [0, 0.1) is 17.7 Å². The average Bonchev–Trinajstić information content (AvgIpc) is 2.58. The third kappa shape index (κ3) is 4.09. The molecule has 0 saturated carbocycles. The van der Waals surface area contributed by atoms with Gasteiger partial charge < -0.3 is 4.90 Å². The van der Waals surface area contributed by atoms with E-state index in [0.717, 1.165) is 45.4 Å². The van der Waals surface area contributed by atoms with Crippen molar-refractivity contribution in [1.29, 1.82) is 0 Å². The fraction of sp³-hybridized carbons (Fsp3) is 0.632. The molecule has 3 nitrogen and oxygen atoms in total. The number of hydrogen-bond acceptors (Lipinski definition) is 2. The molecule has 24 heavy (non-hydrogen) atoms. The summed E-state index contributed by atoms with van der Waals surface area (Å²) in [6.07, 6.45) is 4.06. The van der Waals surface area contributed by atoms with Crippen LogP contribution < -0.4 is 0 Å². The number of benzene rings is 1. The Kier molecular flexibility index (Phi) is 5.77. The Morgan fingerprint density at radius 2 is 2.00 bits per heavy atom. The number of likely N-dealkylation sites (tertiary alicyclic amines) is 2. The van der Waals surface area contributed by atoms with E-state index >= 15 is 0 Å². The van der Waals surface area contributed by atoms with E-state index in [9.17, 15) is 9.18 Å². The summed E-state index contributed by atoms with van der Waals surface area (Å²) in [6.45, 7) is 6.21. The molecule has 2 fully saturated rings. The van der Waals surface area contributed by atoms with Gasteiger partial charge in [0, 0.05) is 36.1 Å². The van der Waals surface area contributed by atoms with E-state index in [1.165, 1.54) is 12.5 Å². The van der Waals surface area contributed by atoms with Crippen molar-refractivity contribution < 1.29 is 9.18 Å². The zero-order valence-electron chi connectivity index (χ0n) is 14.3. The van der Waals surface area contributed by atoms with E-state index < -0.39 is 0 Å². The summed E-state index contributed by atoms with van der Waals surface area (Å²) >= 11 is 6.12. The van der Waals surface area contributed by atoms with Crippen molar-refractivity contribution in [2.45, 2.75) is 39.2 Å². The van der Waals surface area contributed by atoms with Gasteiger partial charge in [-0.3, -0.25) is 9.69 Å². The van der Waals surface area contributed by atoms with Crippen molar-refractivity contribution in [3.05, 3.63) is 34.6 Å². The maximum absolute atomic E-state index is 13.9. The molecule has 1 amide bonds. The highest BCUT2D eigenvalue weighted by molar-refractivity contribution is 6.31. The minimum atomic E-state index is -0.247. The Morgan fingerprint density at radius 1 is 1.25 bits per heavy atom. The number of rotatable bonds is 3. The van der Waals surface area contributed by atoms with Gasteiger partial charge in [0.05, 0.1) is 0 Å². The number of halogens is 2. The van der Waals surface area contributed by atoms with Crippen molar-refractivity contribution in [1.82, 2.24) is 9.80 Å². The number of piperidine rings is 2. The maximum Gasteiger partial charge on any atom is 0.225 e. The summed E-state index contributed by atoms with van der Waals surface area (Å²) in [6, 6.07) is 4.81. The molecule has 0 radical (unpaired) electrons. The summed E-state index contributed by atoms with van der Waals surface area (Å²) in [5.74, 6) is 0.821. The molecule has 2 heterocycles. The van der Waals surface area contributed by atoms with Gasteiger partial charge in [0.2, 0.25) is 5.91 Å². The molecule has 0 aromatic heterocycles. The van der Waals surface area contributed by atoms with Gasteiger partial charge in [-0.05, 0) is 56.8 Å². The lowest BCUT2D eigenvalue weighted by atomic mass is 9.92. The Bertz CT molecular complexity index is 566. The van der Waals surface area contributed by atoms with Crippen LogP contribution >= 0.6 is 11.6 Å². The highest BCUT2D eigenvalue weighted by Gasteiger charge is 2.30. The van der Waals surface area contributed by atoms with Crippen molar-refractivity contribution in [3.63, 3.8) is 0 Å². The number of amides is 1. The third-order valence-electron chi connectivity index (χ3n) is 5.35. The molecule has 2 aliphatic heterocycles. The number of carbonyl (C=O) groups is 1. The van der Waals surface area contributed by atoms with E-state index in [0.29, 0.717) is 29.0 Å². The smallest absolute Gasteiger partial charge is 0.225 e. The summed E-state index contributed by atoms with van der Waals surface area (Å²) < 4.78 is 13.9. The standard InChI is InChI=1S/C19H26ClFN2O/c1-14-4-3-9-23(12-14)19(24)15-7-10-22(11-8-15)13-16-17(20)5-2-6-18(16)21/h2,5-6,14-15H,3-4,7-13H2,1H3/t14-/m0/s1. The van der Waals surface area contributed by atoms with Crippen LogP contribution in [0.15, 0.2) is 18.2 Å². The molecule has 0 unspecified atom stereocenters. The molecule has 2 saturated heterocycles. The van der Waals surface area contributed by atoms with Gasteiger partial charge in [-0.15, -0.1) is 0 Å². The van der Waals surface area contributed by atoms with Gasteiger partial charge in [0.1, 0.15) is 5.82 Å². The van der Waals surface area contributed by atoms with Gasteiger partial charge >= 0.3 is 0 Å². The normalized spacial score (nSPS) is 23.5. The molecule has 1 atom stereocenters. The lowest BCUT2D eigenvalue weighted by Crippen LogP contribution is -2.45. The van der Waals surface area contributed by atoms with E-state index in [1.54, 1.807) is 12.1 Å². The van der Waals surface area contributed by atoms with Crippen LogP contribution in [-0.2, 0) is 11.3 Å². The molecule has 0 bridgehead atoms. The highest BCUT2D eigenvalue weighted by Crippen LogP contribution is 2.26. The Morgan fingerprint density at radius 3 is 2.67 bits per heavy atom. The Balaban J connectivity index is 1.53. The number of nitrogens with zero attached hydrogens (tertiary/aromatic N) is 2. The number of hydrogen-bond donors (Lipinski definition) is 0. The monoisotopic (exact) mass is 352 g/mol. The van der Waals surface area contributed by atoms with Gasteiger partial charge in [0.15, 0.2) is 0 Å². The van der Waals surface area contributed by atoms with E-state index in [4.69, 9.17) is 11.6 Å². The molecule has 1 aromatic rings. The Hall–Kier alpha value is -1.13. The maximum atomic E-state index is 13.9. The van der Waals surface area contributed by atoms with E-state index in [2.05, 4.69) is 16.7 Å². The van der Waals surface area contributed by atoms with Gasteiger partial charge in [-0.1, -0.05) is 24.6 Å². The minimum Gasteiger partial charge on any atom is -0.342 e. The van der Waals surface area contributed by atoms with Crippen molar-refractivity contribution in [3.8, 4) is 0 Å². The fourth-order valence-corrected chi connectivity index (χ4v) is 4.12. The molecule has 132 valence electrons. The lowest BCUT2D eigenvalue weighted by Gasteiger charge is -2.37. The predicted octanol–water partition coefficient (Wildman–Crippen LogP) is 3.95. The first-order valence-electron chi connectivity index (χ1n) is 8.98. The largest absolute Gasteiger partial charge is 0.342 e. The van der Waals surface area contributed by atoms with Crippen LogP contribution in [0.3, 0.4) is 0 Å². The van der Waals surface area contributed by atoms with Crippen LogP contribution in [0.1, 0.15) is 38.2 Å². The first-order valence-corrected chi connectivity index (χ1v) is 9.36. The van der Waals surface area contributed by atoms with Crippen molar-refractivity contribution in [2.24, 2.45) is 11.8 Å². The third-order valence-corrected chi connectivity index (χ3v) is 5.70. The molecule has 0 N–H and O–H groups in total. The summed E-state index contributed by atoms with van der Waals surface area (Å²) in [4.78, 5) is 17.0. The molecular weight excluding hydrogens is 327 g/mol. The van der Waals surface area contributed by atoms with E-state index in [1.807, 2.05) is 0 Å². The van der Waals surface area contributed by atoms with Gasteiger partial charge in [-0.25, -0.2) is 4.39 Å². The second-order valence-electron chi connectivity index (χ2n) is 7.28. The SMILES string of the molecule is C[C@H]1CCCN(C(=O)C2CCN(Cc3c(F)cccc3Cl)CC2)C1. The lowest BCUT2D eigenvalue weighted by molar-refractivity contribution is -0.138. The summed E-state index contributed by atoms with van der Waals surface area (Å²) in [5, 5.41) is 0.482. The van der Waals surface area contributed by atoms with Crippen LogP contribution in [0.5, 0.6) is 0 Å². The topological polar surface area (TPSA) is 23.6 Å². The molecular formula is C19H26ClFN2O. The average molecular weight is 353 g/mol. The minimum absolute atomic E-state index is 0.127. The van der Waals surface area contributed by atoms with Crippen molar-refractivity contribution in [2.75, 3.05) is 26.2 Å². The summed E-state index contributed by atoms with van der Waals surface area (Å²) in [5.41, 5.74) is 0.564. The quantitative estimate of drug-likeness (QED) is 0.822. The first-order chi connectivity index (χ1) is 11.5. The van der Waals surface area contributed by atoms with Crippen LogP contribution in [-0.4, -0.2) is 41.9 Å². The molecule has 1 aromatic carbocycles. The summed E-state index contributed by atoms with van der Waals surface area (Å²) in [7, 11) is 0. The van der Waals surface area contributed by atoms with Crippen LogP contribution in [0.25, 0.3) is 0 Å². The van der Waals surface area contributed by atoms with Crippen LogP contribution in [0.4, 0.5) is 4.39 Å². The molecule has 2 aliphatic rings. The predicted molar refractivity (Wildman–Crippen MR) is 94.4 cm³/mol.